The van der Waals surface area contributed by atoms with Gasteiger partial charge in [0.05, 0.1) is 6.54 Å². The minimum Gasteiger partial charge on any atom is -0.353 e. The molecule has 1 aliphatic rings. The molecule has 1 aromatic heterocycles. The number of carbonyl (C=O) groups is 1. The van der Waals surface area contributed by atoms with Gasteiger partial charge in [-0.1, -0.05) is 18.3 Å². The van der Waals surface area contributed by atoms with Gasteiger partial charge in [-0.15, -0.1) is 0 Å². The van der Waals surface area contributed by atoms with Crippen LogP contribution in [0.15, 0.2) is 10.2 Å². The molecule has 2 rings (SSSR count). The number of aryl methyl sites for hydroxylation is 1. The number of thiazole rings is 1. The van der Waals surface area contributed by atoms with Crippen LogP contribution in [0.4, 0.5) is 0 Å². The van der Waals surface area contributed by atoms with E-state index < -0.39 is 0 Å². The standard InChI is InChI=1S/C16H28N4O2S/c1-4-13(2)17-15(21)11-19-7-5-18(6-8-19)9-10-20-14(3)12-23-16(20)22/h12-13H,4-11H2,1-3H3,(H,17,21)/t13-/m1/s1. The SMILES string of the molecule is CC[C@@H](C)NC(=O)CN1CCN(CCn2c(C)csc2=O)CC1. The number of hydrogen-bond donors (Lipinski definition) is 1. The summed E-state index contributed by atoms with van der Waals surface area (Å²) in [5.41, 5.74) is 1.04. The quantitative estimate of drug-likeness (QED) is 0.796. The van der Waals surface area contributed by atoms with Crippen molar-refractivity contribution >= 4 is 17.2 Å². The van der Waals surface area contributed by atoms with E-state index in [0.717, 1.165) is 51.4 Å². The fourth-order valence-corrected chi connectivity index (χ4v) is 3.47. The Morgan fingerprint density at radius 1 is 1.26 bits per heavy atom. The van der Waals surface area contributed by atoms with Crippen molar-refractivity contribution < 1.29 is 4.79 Å². The van der Waals surface area contributed by atoms with Crippen LogP contribution < -0.4 is 10.2 Å². The third-order valence-electron chi connectivity index (χ3n) is 4.47. The van der Waals surface area contributed by atoms with Gasteiger partial charge in [0.15, 0.2) is 0 Å². The van der Waals surface area contributed by atoms with Crippen LogP contribution in [0.25, 0.3) is 0 Å². The molecule has 1 N–H and O–H groups in total. The zero-order chi connectivity index (χ0) is 16.8. The fourth-order valence-electron chi connectivity index (χ4n) is 2.71. The van der Waals surface area contributed by atoms with Crippen LogP contribution in [0.1, 0.15) is 26.0 Å². The minimum atomic E-state index is 0.119. The normalized spacial score (nSPS) is 18.0. The second kappa shape index (κ2) is 8.61. The Labute approximate surface area is 142 Å². The number of nitrogens with one attached hydrogen (secondary N) is 1. The van der Waals surface area contributed by atoms with Gasteiger partial charge in [-0.2, -0.15) is 0 Å². The molecule has 0 bridgehead atoms. The zero-order valence-electron chi connectivity index (χ0n) is 14.4. The summed E-state index contributed by atoms with van der Waals surface area (Å²) in [4.78, 5) is 28.3. The van der Waals surface area contributed by atoms with Crippen molar-refractivity contribution in [2.24, 2.45) is 0 Å². The van der Waals surface area contributed by atoms with Crippen LogP contribution in [-0.2, 0) is 11.3 Å². The molecular formula is C16H28N4O2S. The summed E-state index contributed by atoms with van der Waals surface area (Å²) in [5.74, 6) is 0.119. The van der Waals surface area contributed by atoms with Crippen LogP contribution in [0.2, 0.25) is 0 Å². The van der Waals surface area contributed by atoms with Gasteiger partial charge in [0, 0.05) is 56.4 Å². The summed E-state index contributed by atoms with van der Waals surface area (Å²) in [7, 11) is 0. The molecule has 0 saturated carbocycles. The molecule has 0 aromatic carbocycles. The van der Waals surface area contributed by atoms with Crippen molar-refractivity contribution in [2.75, 3.05) is 39.3 Å². The molecular weight excluding hydrogens is 312 g/mol. The van der Waals surface area contributed by atoms with Crippen molar-refractivity contribution in [3.63, 3.8) is 0 Å². The average Bonchev–Trinajstić information content (AvgIpc) is 2.85. The lowest BCUT2D eigenvalue weighted by Crippen LogP contribution is -2.50. The lowest BCUT2D eigenvalue weighted by molar-refractivity contribution is -0.123. The summed E-state index contributed by atoms with van der Waals surface area (Å²) >= 11 is 1.27. The number of nitrogens with zero attached hydrogens (tertiary/aromatic N) is 3. The molecule has 130 valence electrons. The highest BCUT2D eigenvalue weighted by atomic mass is 32.1. The highest BCUT2D eigenvalue weighted by molar-refractivity contribution is 7.07. The highest BCUT2D eigenvalue weighted by Crippen LogP contribution is 2.04. The van der Waals surface area contributed by atoms with Crippen molar-refractivity contribution in [3.8, 4) is 0 Å². The predicted molar refractivity (Wildman–Crippen MR) is 94.1 cm³/mol. The van der Waals surface area contributed by atoms with E-state index in [9.17, 15) is 9.59 Å². The summed E-state index contributed by atoms with van der Waals surface area (Å²) in [6, 6.07) is 0.246. The Hall–Kier alpha value is -1.18. The monoisotopic (exact) mass is 340 g/mol. The second-order valence-electron chi connectivity index (χ2n) is 6.29. The van der Waals surface area contributed by atoms with Gasteiger partial charge in [-0.3, -0.25) is 19.4 Å². The van der Waals surface area contributed by atoms with Crippen molar-refractivity contribution in [1.29, 1.82) is 0 Å². The Morgan fingerprint density at radius 3 is 2.48 bits per heavy atom. The van der Waals surface area contributed by atoms with E-state index >= 15 is 0 Å². The first-order valence-electron chi connectivity index (χ1n) is 8.38. The van der Waals surface area contributed by atoms with Crippen LogP contribution in [0.3, 0.4) is 0 Å². The van der Waals surface area contributed by atoms with Crippen molar-refractivity contribution in [1.82, 2.24) is 19.7 Å². The van der Waals surface area contributed by atoms with E-state index in [1.54, 1.807) is 0 Å². The molecule has 1 aliphatic heterocycles. The smallest absolute Gasteiger partial charge is 0.307 e. The first-order valence-corrected chi connectivity index (χ1v) is 9.26. The summed E-state index contributed by atoms with van der Waals surface area (Å²) in [6.45, 7) is 11.9. The first kappa shape index (κ1) is 18.2. The topological polar surface area (TPSA) is 57.6 Å². The largest absolute Gasteiger partial charge is 0.353 e. The van der Waals surface area contributed by atoms with E-state index in [2.05, 4.69) is 22.0 Å². The second-order valence-corrected chi connectivity index (χ2v) is 7.11. The van der Waals surface area contributed by atoms with Crippen LogP contribution in [0, 0.1) is 6.92 Å². The highest BCUT2D eigenvalue weighted by Gasteiger charge is 2.19. The maximum Gasteiger partial charge on any atom is 0.307 e. The van der Waals surface area contributed by atoms with Gasteiger partial charge in [-0.25, -0.2) is 0 Å². The summed E-state index contributed by atoms with van der Waals surface area (Å²) in [6.07, 6.45) is 0.959. The Morgan fingerprint density at radius 2 is 1.91 bits per heavy atom. The average molecular weight is 340 g/mol. The number of amides is 1. The maximum atomic E-state index is 11.9. The fraction of sp³-hybridized carbons (Fsp3) is 0.750. The molecule has 1 aromatic rings. The van der Waals surface area contributed by atoms with Crippen LogP contribution in [0.5, 0.6) is 0 Å². The van der Waals surface area contributed by atoms with Gasteiger partial charge < -0.3 is 9.88 Å². The molecule has 6 nitrogen and oxygen atoms in total. The van der Waals surface area contributed by atoms with Crippen LogP contribution >= 0.6 is 11.3 Å². The van der Waals surface area contributed by atoms with Gasteiger partial charge in [0.25, 0.3) is 0 Å². The van der Waals surface area contributed by atoms with Crippen LogP contribution in [-0.4, -0.2) is 65.6 Å². The summed E-state index contributed by atoms with van der Waals surface area (Å²) < 4.78 is 1.84. The lowest BCUT2D eigenvalue weighted by Gasteiger charge is -2.34. The Balaban J connectivity index is 1.70. The molecule has 1 amide bonds. The van der Waals surface area contributed by atoms with Gasteiger partial charge in [-0.05, 0) is 20.3 Å². The van der Waals surface area contributed by atoms with Gasteiger partial charge in [0.2, 0.25) is 5.91 Å². The molecule has 0 spiro atoms. The van der Waals surface area contributed by atoms with E-state index in [-0.39, 0.29) is 16.8 Å². The molecule has 0 radical (unpaired) electrons. The number of carbonyl (C=O) groups excluding carboxylic acids is 1. The molecule has 0 aliphatic carbocycles. The molecule has 2 heterocycles. The van der Waals surface area contributed by atoms with E-state index in [1.807, 2.05) is 23.8 Å². The van der Waals surface area contributed by atoms with Crippen molar-refractivity contribution in [3.05, 3.63) is 20.7 Å². The number of piperazine rings is 1. The van der Waals surface area contributed by atoms with E-state index in [1.165, 1.54) is 11.3 Å². The number of hydrogen-bond acceptors (Lipinski definition) is 5. The molecule has 23 heavy (non-hydrogen) atoms. The molecule has 1 atom stereocenters. The Kier molecular flexibility index (Phi) is 6.80. The third-order valence-corrected chi connectivity index (χ3v) is 5.35. The number of aromatic nitrogens is 1. The molecule has 1 saturated heterocycles. The molecule has 7 heteroatoms. The first-order chi connectivity index (χ1) is 11.0. The predicted octanol–water partition coefficient (Wildman–Crippen LogP) is 0.751. The maximum absolute atomic E-state index is 11.9. The van der Waals surface area contributed by atoms with Crippen molar-refractivity contribution in [2.45, 2.75) is 39.8 Å². The molecule has 1 fully saturated rings. The third kappa shape index (κ3) is 5.44. The minimum absolute atomic E-state index is 0.119. The van der Waals surface area contributed by atoms with E-state index in [0.29, 0.717) is 6.54 Å². The zero-order valence-corrected chi connectivity index (χ0v) is 15.2. The van der Waals surface area contributed by atoms with Gasteiger partial charge in [0.1, 0.15) is 0 Å². The van der Waals surface area contributed by atoms with E-state index in [4.69, 9.17) is 0 Å². The summed E-state index contributed by atoms with van der Waals surface area (Å²) in [5, 5.41) is 4.93. The Bertz CT molecular complexity index is 561. The van der Waals surface area contributed by atoms with Gasteiger partial charge >= 0.3 is 4.87 Å². The molecule has 0 unspecified atom stereocenters. The lowest BCUT2D eigenvalue weighted by atomic mass is 10.2. The number of rotatable bonds is 7.